The smallest absolute Gasteiger partial charge is 0.251 e. The van der Waals surface area contributed by atoms with Crippen molar-refractivity contribution in [2.45, 2.75) is 30.8 Å². The van der Waals surface area contributed by atoms with Crippen molar-refractivity contribution in [3.8, 4) is 0 Å². The number of nitrogens with one attached hydrogen (secondary N) is 2. The van der Waals surface area contributed by atoms with Crippen molar-refractivity contribution in [2.24, 2.45) is 0 Å². The maximum atomic E-state index is 12.1. The lowest BCUT2D eigenvalue weighted by molar-refractivity contribution is -0.120. The van der Waals surface area contributed by atoms with E-state index in [0.717, 1.165) is 0 Å². The number of aliphatic hydroxyl groups excluding tert-OH is 2. The molecule has 0 spiro atoms. The summed E-state index contributed by atoms with van der Waals surface area (Å²) in [5.41, 5.74) is 1.13. The lowest BCUT2D eigenvalue weighted by atomic mass is 10.1. The third-order valence-electron chi connectivity index (χ3n) is 4.41. The van der Waals surface area contributed by atoms with Crippen LogP contribution in [0.15, 0.2) is 60.7 Å². The second-order valence-electron chi connectivity index (χ2n) is 6.39. The predicted octanol–water partition coefficient (Wildman–Crippen LogP) is 0.934. The maximum Gasteiger partial charge on any atom is 0.251 e. The summed E-state index contributed by atoms with van der Waals surface area (Å²) in [5.74, 6) is -0.627. The molecule has 7 heteroatoms. The topological polar surface area (TPSA) is 108 Å². The molecular formula is C20H22N2O5. The van der Waals surface area contributed by atoms with Gasteiger partial charge in [0.25, 0.3) is 5.91 Å². The lowest BCUT2D eigenvalue weighted by Gasteiger charge is -2.15. The molecule has 0 aromatic heterocycles. The zero-order valence-electron chi connectivity index (χ0n) is 14.6. The number of aliphatic hydroxyl groups is 2. The molecule has 0 bridgehead atoms. The first-order chi connectivity index (χ1) is 13.0. The molecule has 4 N–H and O–H groups in total. The summed E-state index contributed by atoms with van der Waals surface area (Å²) in [6, 6.07) is 17.6. The Bertz CT molecular complexity index is 768. The number of ether oxygens (including phenoxy) is 1. The third-order valence-corrected chi connectivity index (χ3v) is 4.41. The number of benzene rings is 2. The molecule has 0 radical (unpaired) electrons. The van der Waals surface area contributed by atoms with E-state index in [4.69, 9.17) is 4.74 Å². The van der Waals surface area contributed by atoms with Crippen LogP contribution in [0.4, 0.5) is 5.69 Å². The Morgan fingerprint density at radius 2 is 1.48 bits per heavy atom. The Kier molecular flexibility index (Phi) is 6.18. The number of hydrogen-bond donors (Lipinski definition) is 4. The molecule has 7 nitrogen and oxygen atoms in total. The Morgan fingerprint density at radius 1 is 0.889 bits per heavy atom. The summed E-state index contributed by atoms with van der Waals surface area (Å²) in [5, 5.41) is 25.7. The van der Waals surface area contributed by atoms with E-state index in [1.807, 2.05) is 12.1 Å². The van der Waals surface area contributed by atoms with Gasteiger partial charge in [0, 0.05) is 17.8 Å². The molecule has 0 saturated carbocycles. The molecule has 0 aliphatic carbocycles. The number of rotatable bonds is 6. The van der Waals surface area contributed by atoms with Gasteiger partial charge in [-0.05, 0) is 24.3 Å². The van der Waals surface area contributed by atoms with Crippen molar-refractivity contribution in [2.75, 3.05) is 11.9 Å². The molecule has 3 rings (SSSR count). The minimum atomic E-state index is -1.20. The molecule has 1 heterocycles. The first-order valence-electron chi connectivity index (χ1n) is 8.74. The molecule has 2 aromatic carbocycles. The molecule has 27 heavy (non-hydrogen) atoms. The fourth-order valence-corrected chi connectivity index (χ4v) is 2.96. The molecule has 1 aliphatic heterocycles. The summed E-state index contributed by atoms with van der Waals surface area (Å²) >= 11 is 0. The van der Waals surface area contributed by atoms with Crippen molar-refractivity contribution in [1.29, 1.82) is 0 Å². The zero-order valence-corrected chi connectivity index (χ0v) is 14.6. The van der Waals surface area contributed by atoms with Gasteiger partial charge in [-0.3, -0.25) is 9.59 Å². The number of carbonyl (C=O) groups is 2. The van der Waals surface area contributed by atoms with E-state index in [9.17, 15) is 19.8 Å². The lowest BCUT2D eigenvalue weighted by Crippen LogP contribution is -2.40. The zero-order chi connectivity index (χ0) is 19.2. The molecule has 4 unspecified atom stereocenters. The van der Waals surface area contributed by atoms with Gasteiger partial charge >= 0.3 is 0 Å². The van der Waals surface area contributed by atoms with Gasteiger partial charge in [0.15, 0.2) is 0 Å². The molecule has 1 fully saturated rings. The SMILES string of the molecule is O=C(CC1OC(CNC(=O)c2ccccc2)C(O)C1O)Nc1ccccc1. The van der Waals surface area contributed by atoms with E-state index in [-0.39, 0.29) is 24.8 Å². The van der Waals surface area contributed by atoms with E-state index in [1.54, 1.807) is 48.5 Å². The van der Waals surface area contributed by atoms with Gasteiger partial charge in [-0.1, -0.05) is 36.4 Å². The summed E-state index contributed by atoms with van der Waals surface area (Å²) in [6.45, 7) is 0.0305. The highest BCUT2D eigenvalue weighted by Crippen LogP contribution is 2.24. The number of amides is 2. The second-order valence-corrected chi connectivity index (χ2v) is 6.39. The van der Waals surface area contributed by atoms with Crippen LogP contribution < -0.4 is 10.6 Å². The van der Waals surface area contributed by atoms with E-state index in [1.165, 1.54) is 0 Å². The van der Waals surface area contributed by atoms with Crippen LogP contribution in [0.5, 0.6) is 0 Å². The highest BCUT2D eigenvalue weighted by Gasteiger charge is 2.43. The van der Waals surface area contributed by atoms with Gasteiger partial charge in [-0.15, -0.1) is 0 Å². The van der Waals surface area contributed by atoms with Crippen LogP contribution in [0.2, 0.25) is 0 Å². The second kappa shape index (κ2) is 8.77. The fourth-order valence-electron chi connectivity index (χ4n) is 2.96. The highest BCUT2D eigenvalue weighted by molar-refractivity contribution is 5.94. The summed E-state index contributed by atoms with van der Waals surface area (Å²) in [7, 11) is 0. The fraction of sp³-hybridized carbons (Fsp3) is 0.300. The standard InChI is InChI=1S/C20H22N2O5/c23-17(22-14-9-5-2-6-10-14)11-15-18(24)19(25)16(27-15)12-21-20(26)13-7-3-1-4-8-13/h1-10,15-16,18-19,24-25H,11-12H2,(H,21,26)(H,22,23). The summed E-state index contributed by atoms with van der Waals surface area (Å²) < 4.78 is 5.61. The molecule has 142 valence electrons. The molecular weight excluding hydrogens is 348 g/mol. The van der Waals surface area contributed by atoms with Gasteiger partial charge in [0.2, 0.25) is 5.91 Å². The normalized spacial score (nSPS) is 24.4. The summed E-state index contributed by atoms with van der Waals surface area (Å²) in [4.78, 5) is 24.2. The maximum absolute atomic E-state index is 12.1. The minimum Gasteiger partial charge on any atom is -0.388 e. The van der Waals surface area contributed by atoms with E-state index in [2.05, 4.69) is 10.6 Å². The Labute approximate surface area is 157 Å². The van der Waals surface area contributed by atoms with Crippen molar-refractivity contribution in [3.63, 3.8) is 0 Å². The van der Waals surface area contributed by atoms with Gasteiger partial charge in [-0.2, -0.15) is 0 Å². The monoisotopic (exact) mass is 370 g/mol. The van der Waals surface area contributed by atoms with Gasteiger partial charge in [-0.25, -0.2) is 0 Å². The van der Waals surface area contributed by atoms with Crippen LogP contribution >= 0.6 is 0 Å². The average molecular weight is 370 g/mol. The van der Waals surface area contributed by atoms with Crippen LogP contribution in [0.3, 0.4) is 0 Å². The minimum absolute atomic E-state index is 0.0305. The molecule has 2 aromatic rings. The molecule has 2 amide bonds. The molecule has 1 saturated heterocycles. The van der Waals surface area contributed by atoms with Crippen molar-refractivity contribution in [3.05, 3.63) is 66.2 Å². The Morgan fingerprint density at radius 3 is 2.15 bits per heavy atom. The van der Waals surface area contributed by atoms with Gasteiger partial charge in [0.1, 0.15) is 18.3 Å². The van der Waals surface area contributed by atoms with Crippen LogP contribution in [0.25, 0.3) is 0 Å². The van der Waals surface area contributed by atoms with Crippen LogP contribution in [-0.2, 0) is 9.53 Å². The predicted molar refractivity (Wildman–Crippen MR) is 99.1 cm³/mol. The molecule has 1 aliphatic rings. The third kappa shape index (κ3) is 4.91. The average Bonchev–Trinajstić information content (AvgIpc) is 2.95. The van der Waals surface area contributed by atoms with E-state index >= 15 is 0 Å². The largest absolute Gasteiger partial charge is 0.388 e. The van der Waals surface area contributed by atoms with E-state index < -0.39 is 24.4 Å². The van der Waals surface area contributed by atoms with Gasteiger partial charge < -0.3 is 25.6 Å². The van der Waals surface area contributed by atoms with Crippen LogP contribution in [0, 0.1) is 0 Å². The first kappa shape index (κ1) is 19.0. The highest BCUT2D eigenvalue weighted by atomic mass is 16.5. The van der Waals surface area contributed by atoms with Crippen molar-refractivity contribution >= 4 is 17.5 Å². The number of hydrogen-bond acceptors (Lipinski definition) is 5. The number of carbonyl (C=O) groups excluding carboxylic acids is 2. The van der Waals surface area contributed by atoms with Crippen LogP contribution in [-0.4, -0.2) is 53.0 Å². The van der Waals surface area contributed by atoms with Gasteiger partial charge in [0.05, 0.1) is 12.5 Å². The number of para-hydroxylation sites is 1. The quantitative estimate of drug-likeness (QED) is 0.605. The van der Waals surface area contributed by atoms with E-state index in [0.29, 0.717) is 11.3 Å². The number of anilines is 1. The molecule has 4 atom stereocenters. The van der Waals surface area contributed by atoms with Crippen molar-refractivity contribution < 1.29 is 24.5 Å². The summed E-state index contributed by atoms with van der Waals surface area (Å²) in [6.07, 6.45) is -4.12. The first-order valence-corrected chi connectivity index (χ1v) is 8.74. The van der Waals surface area contributed by atoms with Crippen molar-refractivity contribution in [1.82, 2.24) is 5.32 Å². The Hall–Kier alpha value is -2.74. The van der Waals surface area contributed by atoms with Crippen LogP contribution in [0.1, 0.15) is 16.8 Å². The Balaban J connectivity index is 1.51.